The number of thiophene rings is 1. The lowest BCUT2D eigenvalue weighted by Crippen LogP contribution is -2.12. The molecule has 0 aliphatic rings. The fourth-order valence-corrected chi connectivity index (χ4v) is 4.09. The second kappa shape index (κ2) is 5.04. The quantitative estimate of drug-likeness (QED) is 0.656. The van der Waals surface area contributed by atoms with Gasteiger partial charge in [0.15, 0.2) is 10.2 Å². The Hall–Kier alpha value is -1.65. The first-order chi connectivity index (χ1) is 9.22. The monoisotopic (exact) mass is 336 g/mol. The van der Waals surface area contributed by atoms with E-state index in [1.54, 1.807) is 13.8 Å². The van der Waals surface area contributed by atoms with Crippen molar-refractivity contribution < 1.29 is 13.3 Å². The van der Waals surface area contributed by atoms with E-state index in [4.69, 9.17) is 11.6 Å². The fourth-order valence-electron chi connectivity index (χ4n) is 1.36. The van der Waals surface area contributed by atoms with Crippen molar-refractivity contribution in [3.8, 4) is 0 Å². The van der Waals surface area contributed by atoms with E-state index in [1.807, 2.05) is 0 Å². The predicted molar refractivity (Wildman–Crippen MR) is 74.9 cm³/mol. The van der Waals surface area contributed by atoms with Gasteiger partial charge in [0.1, 0.15) is 4.21 Å². The van der Waals surface area contributed by atoms with E-state index in [-0.39, 0.29) is 14.4 Å². The van der Waals surface area contributed by atoms with Crippen LogP contribution in [0.1, 0.15) is 11.3 Å². The summed E-state index contributed by atoms with van der Waals surface area (Å²) < 4.78 is 26.1. The lowest BCUT2D eigenvalue weighted by molar-refractivity contribution is -0.384. The van der Waals surface area contributed by atoms with Crippen LogP contribution in [-0.2, 0) is 10.0 Å². The zero-order chi connectivity index (χ0) is 15.1. The summed E-state index contributed by atoms with van der Waals surface area (Å²) in [5.41, 5.74) is 0.926. The SMILES string of the molecule is Cc1[nH]nc(NS(=O)(=O)c2cc([N+](=O)[O-])c(Cl)s2)c1C. The van der Waals surface area contributed by atoms with Gasteiger partial charge in [0, 0.05) is 17.3 Å². The van der Waals surface area contributed by atoms with Crippen molar-refractivity contribution in [2.45, 2.75) is 18.1 Å². The highest BCUT2D eigenvalue weighted by Crippen LogP contribution is 2.36. The smallest absolute Gasteiger partial charge is 0.280 e. The highest BCUT2D eigenvalue weighted by Gasteiger charge is 2.26. The van der Waals surface area contributed by atoms with E-state index >= 15 is 0 Å². The number of anilines is 1. The number of hydrogen-bond donors (Lipinski definition) is 2. The summed E-state index contributed by atoms with van der Waals surface area (Å²) in [6.45, 7) is 3.44. The minimum atomic E-state index is -3.96. The molecule has 0 fully saturated rings. The average Bonchev–Trinajstić information content (AvgIpc) is 2.87. The van der Waals surface area contributed by atoms with E-state index in [9.17, 15) is 18.5 Å². The molecule has 0 unspecified atom stereocenters. The number of aryl methyl sites for hydroxylation is 1. The number of sulfonamides is 1. The Balaban J connectivity index is 2.38. The van der Waals surface area contributed by atoms with Gasteiger partial charge in [-0.15, -0.1) is 11.3 Å². The van der Waals surface area contributed by atoms with E-state index < -0.39 is 20.6 Å². The van der Waals surface area contributed by atoms with E-state index in [0.29, 0.717) is 16.9 Å². The van der Waals surface area contributed by atoms with Crippen LogP contribution in [0, 0.1) is 24.0 Å². The molecule has 8 nitrogen and oxygen atoms in total. The molecule has 0 aliphatic carbocycles. The second-order valence-corrected chi connectivity index (χ2v) is 7.47. The van der Waals surface area contributed by atoms with Gasteiger partial charge in [0.05, 0.1) is 4.92 Å². The molecule has 0 aliphatic heterocycles. The number of aromatic amines is 1. The molecular formula is C9H9ClN4O4S2. The molecule has 11 heteroatoms. The summed E-state index contributed by atoms with van der Waals surface area (Å²) in [5.74, 6) is 0.148. The Labute approximate surface area is 123 Å². The molecule has 0 bridgehead atoms. The van der Waals surface area contributed by atoms with Crippen molar-refractivity contribution in [3.63, 3.8) is 0 Å². The molecule has 0 radical (unpaired) electrons. The van der Waals surface area contributed by atoms with Crippen molar-refractivity contribution in [1.29, 1.82) is 0 Å². The van der Waals surface area contributed by atoms with Gasteiger partial charge in [0.25, 0.3) is 15.7 Å². The van der Waals surface area contributed by atoms with Gasteiger partial charge < -0.3 is 0 Å². The van der Waals surface area contributed by atoms with E-state index in [1.165, 1.54) is 0 Å². The third-order valence-electron chi connectivity index (χ3n) is 2.59. The molecule has 0 saturated heterocycles. The van der Waals surface area contributed by atoms with Crippen molar-refractivity contribution in [1.82, 2.24) is 10.2 Å². The Morgan fingerprint density at radius 3 is 2.60 bits per heavy atom. The van der Waals surface area contributed by atoms with Crippen LogP contribution in [0.15, 0.2) is 10.3 Å². The molecule has 2 aromatic rings. The lowest BCUT2D eigenvalue weighted by atomic mass is 10.3. The highest BCUT2D eigenvalue weighted by molar-refractivity contribution is 7.94. The molecule has 0 saturated carbocycles. The first-order valence-electron chi connectivity index (χ1n) is 5.20. The third-order valence-corrected chi connectivity index (χ3v) is 5.74. The first-order valence-corrected chi connectivity index (χ1v) is 7.88. The Morgan fingerprint density at radius 2 is 2.15 bits per heavy atom. The lowest BCUT2D eigenvalue weighted by Gasteiger charge is -2.03. The molecule has 0 atom stereocenters. The molecule has 0 spiro atoms. The topological polar surface area (TPSA) is 118 Å². The van der Waals surface area contributed by atoms with Crippen LogP contribution < -0.4 is 4.72 Å². The van der Waals surface area contributed by atoms with Gasteiger partial charge in [-0.05, 0) is 13.8 Å². The molecule has 2 aromatic heterocycles. The summed E-state index contributed by atoms with van der Waals surface area (Å²) in [7, 11) is -3.96. The average molecular weight is 337 g/mol. The molecule has 20 heavy (non-hydrogen) atoms. The van der Waals surface area contributed by atoms with Gasteiger partial charge in [-0.1, -0.05) is 11.6 Å². The van der Waals surface area contributed by atoms with Crippen LogP contribution >= 0.6 is 22.9 Å². The molecular weight excluding hydrogens is 328 g/mol. The normalized spacial score (nSPS) is 11.6. The standard InChI is InChI=1S/C9H9ClN4O4S2/c1-4-5(2)11-12-9(4)13-20(17,18)7-3-6(14(15)16)8(10)19-7/h3H,1-2H3,(H2,11,12,13). The highest BCUT2D eigenvalue weighted by atomic mass is 35.5. The van der Waals surface area contributed by atoms with Crippen LogP contribution in [-0.4, -0.2) is 23.5 Å². The Morgan fingerprint density at radius 1 is 1.50 bits per heavy atom. The van der Waals surface area contributed by atoms with Gasteiger partial charge in [0.2, 0.25) is 0 Å². The molecule has 2 heterocycles. The van der Waals surface area contributed by atoms with E-state index in [2.05, 4.69) is 14.9 Å². The van der Waals surface area contributed by atoms with Crippen LogP contribution in [0.4, 0.5) is 11.5 Å². The number of nitro groups is 1. The molecule has 108 valence electrons. The Kier molecular flexibility index (Phi) is 3.71. The van der Waals surface area contributed by atoms with Crippen molar-refractivity contribution in [2.24, 2.45) is 0 Å². The maximum absolute atomic E-state index is 12.1. The van der Waals surface area contributed by atoms with E-state index in [0.717, 1.165) is 11.8 Å². The maximum Gasteiger partial charge on any atom is 0.300 e. The minimum Gasteiger partial charge on any atom is -0.280 e. The number of nitrogens with zero attached hydrogens (tertiary/aromatic N) is 2. The number of rotatable bonds is 4. The summed E-state index contributed by atoms with van der Waals surface area (Å²) in [6.07, 6.45) is 0. The number of aromatic nitrogens is 2. The van der Waals surface area contributed by atoms with Crippen LogP contribution in [0.2, 0.25) is 4.34 Å². The summed E-state index contributed by atoms with van der Waals surface area (Å²) >= 11 is 6.26. The van der Waals surface area contributed by atoms with Crippen molar-refractivity contribution in [2.75, 3.05) is 4.72 Å². The number of nitrogens with one attached hydrogen (secondary N) is 2. The fraction of sp³-hybridized carbons (Fsp3) is 0.222. The van der Waals surface area contributed by atoms with Gasteiger partial charge in [-0.2, -0.15) is 5.10 Å². The summed E-state index contributed by atoms with van der Waals surface area (Å²) in [4.78, 5) is 9.94. The second-order valence-electron chi connectivity index (χ2n) is 3.91. The van der Waals surface area contributed by atoms with Crippen LogP contribution in [0.5, 0.6) is 0 Å². The third kappa shape index (κ3) is 2.62. The molecule has 0 amide bonds. The van der Waals surface area contributed by atoms with Crippen LogP contribution in [0.3, 0.4) is 0 Å². The molecule has 2 rings (SSSR count). The maximum atomic E-state index is 12.1. The Bertz CT molecular complexity index is 780. The van der Waals surface area contributed by atoms with Gasteiger partial charge >= 0.3 is 0 Å². The zero-order valence-corrected chi connectivity index (χ0v) is 12.7. The van der Waals surface area contributed by atoms with Crippen molar-refractivity contribution in [3.05, 3.63) is 31.8 Å². The molecule has 2 N–H and O–H groups in total. The first kappa shape index (κ1) is 14.8. The predicted octanol–water partition coefficient (Wildman–Crippen LogP) is 2.45. The zero-order valence-electron chi connectivity index (χ0n) is 10.3. The van der Waals surface area contributed by atoms with Crippen LogP contribution in [0.25, 0.3) is 0 Å². The summed E-state index contributed by atoms with van der Waals surface area (Å²) in [5, 5.41) is 17.1. The molecule has 0 aromatic carbocycles. The summed E-state index contributed by atoms with van der Waals surface area (Å²) in [6, 6.07) is 0.921. The van der Waals surface area contributed by atoms with Crippen molar-refractivity contribution >= 4 is 44.5 Å². The number of hydrogen-bond acceptors (Lipinski definition) is 6. The number of halogens is 1. The largest absolute Gasteiger partial charge is 0.300 e. The van der Waals surface area contributed by atoms with Gasteiger partial charge in [-0.25, -0.2) is 8.42 Å². The number of H-pyrrole nitrogens is 1. The van der Waals surface area contributed by atoms with Gasteiger partial charge in [-0.3, -0.25) is 19.9 Å². The minimum absolute atomic E-state index is 0.148.